The number of fused-ring (bicyclic) bond motifs is 4. The molecule has 4 rings (SSSR count). The minimum atomic E-state index is 0.977. The standard InChI is InChI=1S/C15H9N2/c1-3-7-12-10(5-1)9-14-15(17-12)11-6-2-4-8-13(11)16-14/h1-9H/q+1. The van der Waals surface area contributed by atoms with E-state index in [1.807, 2.05) is 36.4 Å². The van der Waals surface area contributed by atoms with Crippen molar-refractivity contribution in [3.63, 3.8) is 0 Å². The van der Waals surface area contributed by atoms with E-state index in [9.17, 15) is 0 Å². The number of hydrogen-bond donors (Lipinski definition) is 0. The zero-order valence-electron chi connectivity index (χ0n) is 9.09. The molecular weight excluding hydrogens is 208 g/mol. The molecule has 0 aliphatic carbocycles. The first-order chi connectivity index (χ1) is 8.42. The van der Waals surface area contributed by atoms with Crippen molar-refractivity contribution in [3.05, 3.63) is 70.7 Å². The van der Waals surface area contributed by atoms with Crippen LogP contribution in [0.2, 0.25) is 0 Å². The zero-order valence-corrected chi connectivity index (χ0v) is 9.09. The summed E-state index contributed by atoms with van der Waals surface area (Å²) in [6, 6.07) is 17.3. The number of aliphatic imine (C=N–C) groups is 1. The summed E-state index contributed by atoms with van der Waals surface area (Å²) in [6.45, 7) is 0. The summed E-state index contributed by atoms with van der Waals surface area (Å²) in [5, 5.41) is 2.17. The molecule has 0 amide bonds. The SMILES string of the molecule is C1=c2ccccc2=N[C+]2C1=Nc1ccccc12. The number of para-hydroxylation sites is 2. The molecule has 0 N–H and O–H groups in total. The van der Waals surface area contributed by atoms with Crippen LogP contribution < -0.4 is 10.6 Å². The van der Waals surface area contributed by atoms with Crippen molar-refractivity contribution in [3.8, 4) is 0 Å². The quantitative estimate of drug-likeness (QED) is 0.601. The van der Waals surface area contributed by atoms with Gasteiger partial charge in [-0.2, -0.15) is 9.98 Å². The Morgan fingerprint density at radius 3 is 2.71 bits per heavy atom. The molecule has 0 atom stereocenters. The molecule has 2 heteroatoms. The summed E-state index contributed by atoms with van der Waals surface area (Å²) in [7, 11) is 0. The van der Waals surface area contributed by atoms with E-state index >= 15 is 0 Å². The molecule has 0 aromatic heterocycles. The lowest BCUT2D eigenvalue weighted by molar-refractivity contribution is 1.14. The van der Waals surface area contributed by atoms with Gasteiger partial charge in [0.1, 0.15) is 16.6 Å². The molecule has 0 spiro atoms. The highest BCUT2D eigenvalue weighted by atomic mass is 14.9. The van der Waals surface area contributed by atoms with Gasteiger partial charge in [-0.3, -0.25) is 0 Å². The molecule has 2 aliphatic rings. The Hall–Kier alpha value is -2.35. The molecule has 0 saturated heterocycles. The van der Waals surface area contributed by atoms with Gasteiger partial charge < -0.3 is 0 Å². The van der Waals surface area contributed by atoms with E-state index in [-0.39, 0.29) is 0 Å². The van der Waals surface area contributed by atoms with E-state index in [2.05, 4.69) is 23.2 Å². The molecule has 2 nitrogen and oxygen atoms in total. The van der Waals surface area contributed by atoms with Gasteiger partial charge in [0.15, 0.2) is 11.8 Å². The van der Waals surface area contributed by atoms with Crippen LogP contribution in [0.3, 0.4) is 0 Å². The first-order valence-corrected chi connectivity index (χ1v) is 5.63. The number of hydrogen-bond acceptors (Lipinski definition) is 2. The van der Waals surface area contributed by atoms with E-state index in [0.29, 0.717) is 0 Å². The largest absolute Gasteiger partial charge is 0.189 e. The highest BCUT2D eigenvalue weighted by Crippen LogP contribution is 2.35. The average Bonchev–Trinajstić information content (AvgIpc) is 2.73. The molecule has 2 aliphatic heterocycles. The second kappa shape index (κ2) is 3.08. The maximum absolute atomic E-state index is 4.70. The summed E-state index contributed by atoms with van der Waals surface area (Å²) < 4.78 is 0. The van der Waals surface area contributed by atoms with Crippen molar-refractivity contribution >= 4 is 17.5 Å². The Morgan fingerprint density at radius 2 is 1.71 bits per heavy atom. The van der Waals surface area contributed by atoms with Crippen molar-refractivity contribution in [1.29, 1.82) is 0 Å². The van der Waals surface area contributed by atoms with Gasteiger partial charge in [0, 0.05) is 12.1 Å². The number of rotatable bonds is 0. The average molecular weight is 217 g/mol. The number of benzene rings is 2. The maximum Gasteiger partial charge on any atom is 0.181 e. The van der Waals surface area contributed by atoms with Crippen molar-refractivity contribution in [2.75, 3.05) is 0 Å². The maximum atomic E-state index is 4.70. The van der Waals surface area contributed by atoms with Gasteiger partial charge in [-0.1, -0.05) is 12.1 Å². The third-order valence-corrected chi connectivity index (χ3v) is 3.10. The monoisotopic (exact) mass is 217 g/mol. The lowest BCUT2D eigenvalue weighted by atomic mass is 10.0. The third-order valence-electron chi connectivity index (χ3n) is 3.10. The molecule has 0 radical (unpaired) electrons. The fourth-order valence-electron chi connectivity index (χ4n) is 2.29. The minimum absolute atomic E-state index is 0.977. The van der Waals surface area contributed by atoms with Crippen LogP contribution in [-0.2, 0) is 0 Å². The van der Waals surface area contributed by atoms with E-state index in [0.717, 1.165) is 33.6 Å². The molecule has 17 heavy (non-hydrogen) atoms. The van der Waals surface area contributed by atoms with Crippen molar-refractivity contribution < 1.29 is 0 Å². The lowest BCUT2D eigenvalue weighted by Gasteiger charge is -2.02. The Labute approximate surface area is 98.7 Å². The first-order valence-electron chi connectivity index (χ1n) is 5.63. The Kier molecular flexibility index (Phi) is 1.59. The summed E-state index contributed by atoms with van der Waals surface area (Å²) in [5.74, 6) is 0. The van der Waals surface area contributed by atoms with Crippen molar-refractivity contribution in [2.45, 2.75) is 0 Å². The van der Waals surface area contributed by atoms with Gasteiger partial charge >= 0.3 is 0 Å². The third kappa shape index (κ3) is 1.18. The first kappa shape index (κ1) is 8.76. The van der Waals surface area contributed by atoms with Crippen molar-refractivity contribution in [2.24, 2.45) is 9.98 Å². The van der Waals surface area contributed by atoms with Gasteiger partial charge in [0.25, 0.3) is 0 Å². The highest BCUT2D eigenvalue weighted by Gasteiger charge is 2.34. The minimum Gasteiger partial charge on any atom is -0.189 e. The molecule has 2 heterocycles. The predicted molar refractivity (Wildman–Crippen MR) is 67.6 cm³/mol. The predicted octanol–water partition coefficient (Wildman–Crippen LogP) is 1.77. The smallest absolute Gasteiger partial charge is 0.181 e. The van der Waals surface area contributed by atoms with Crippen LogP contribution in [0.1, 0.15) is 5.56 Å². The van der Waals surface area contributed by atoms with Crippen LogP contribution in [0, 0.1) is 6.04 Å². The second-order valence-electron chi connectivity index (χ2n) is 4.18. The van der Waals surface area contributed by atoms with Gasteiger partial charge in [-0.15, -0.1) is 0 Å². The van der Waals surface area contributed by atoms with Gasteiger partial charge in [0.05, 0.1) is 5.22 Å². The summed E-state index contributed by atoms with van der Waals surface area (Å²) >= 11 is 0. The van der Waals surface area contributed by atoms with E-state index in [1.165, 1.54) is 0 Å². The van der Waals surface area contributed by atoms with Crippen LogP contribution in [0.15, 0.2) is 58.5 Å². The van der Waals surface area contributed by atoms with Crippen molar-refractivity contribution in [1.82, 2.24) is 0 Å². The molecule has 0 fully saturated rings. The van der Waals surface area contributed by atoms with Crippen LogP contribution in [0.5, 0.6) is 0 Å². The molecular formula is C15H9N2+. The van der Waals surface area contributed by atoms with Gasteiger partial charge in [-0.05, 0) is 30.3 Å². The Bertz CT molecular complexity index is 756. The van der Waals surface area contributed by atoms with Gasteiger partial charge in [0.2, 0.25) is 0 Å². The van der Waals surface area contributed by atoms with E-state index in [4.69, 9.17) is 4.99 Å². The van der Waals surface area contributed by atoms with Crippen LogP contribution in [-0.4, -0.2) is 5.71 Å². The fraction of sp³-hybridized carbons (Fsp3) is 0. The Morgan fingerprint density at radius 1 is 0.882 bits per heavy atom. The molecule has 0 bridgehead atoms. The van der Waals surface area contributed by atoms with Crippen LogP contribution in [0.25, 0.3) is 6.08 Å². The van der Waals surface area contributed by atoms with Crippen LogP contribution >= 0.6 is 0 Å². The Balaban J connectivity index is 2.04. The highest BCUT2D eigenvalue weighted by molar-refractivity contribution is 6.24. The zero-order chi connectivity index (χ0) is 11.2. The lowest BCUT2D eigenvalue weighted by Crippen LogP contribution is -2.31. The molecule has 78 valence electrons. The molecule has 2 aromatic rings. The topological polar surface area (TPSA) is 24.7 Å². The molecule has 2 aromatic carbocycles. The summed E-state index contributed by atoms with van der Waals surface area (Å²) in [4.78, 5) is 9.31. The number of nitrogens with zero attached hydrogens (tertiary/aromatic N) is 2. The fourth-order valence-corrected chi connectivity index (χ4v) is 2.29. The van der Waals surface area contributed by atoms with Crippen LogP contribution in [0.4, 0.5) is 5.69 Å². The normalized spacial score (nSPS) is 15.1. The van der Waals surface area contributed by atoms with Gasteiger partial charge in [-0.25, -0.2) is 0 Å². The molecule has 0 saturated carbocycles. The molecule has 0 unspecified atom stereocenters. The second-order valence-corrected chi connectivity index (χ2v) is 4.18. The van der Waals surface area contributed by atoms with E-state index in [1.54, 1.807) is 0 Å². The summed E-state index contributed by atoms with van der Waals surface area (Å²) in [5.41, 5.74) is 3.13. The summed E-state index contributed by atoms with van der Waals surface area (Å²) in [6.07, 6.45) is 2.11. The van der Waals surface area contributed by atoms with E-state index < -0.39 is 0 Å².